The van der Waals surface area contributed by atoms with Gasteiger partial charge < -0.3 is 10.2 Å². The average molecular weight is 259 g/mol. The van der Waals surface area contributed by atoms with E-state index in [1.54, 1.807) is 6.20 Å². The fourth-order valence-electron chi connectivity index (χ4n) is 1.97. The second-order valence-corrected chi connectivity index (χ2v) is 4.37. The third kappa shape index (κ3) is 3.28. The molecule has 5 heteroatoms. The molecule has 0 bridgehead atoms. The number of fused-ring (bicyclic) bond motifs is 1. The molecule has 0 saturated carbocycles. The number of pyridine rings is 1. The van der Waals surface area contributed by atoms with E-state index < -0.39 is 17.9 Å². The standard InChI is InChI=1S/C14H13NO4/c16-13(17)7-11(14(18)19)6-9-5-10-3-1-2-4-12(10)15-8-9/h1-5,8,11H,6-7H2,(H,16,17)(H,18,19). The van der Waals surface area contributed by atoms with Crippen molar-refractivity contribution in [1.82, 2.24) is 4.98 Å². The Morgan fingerprint density at radius 1 is 1.21 bits per heavy atom. The third-order valence-electron chi connectivity index (χ3n) is 2.90. The Labute approximate surface area is 109 Å². The molecule has 0 aliphatic heterocycles. The Hall–Kier alpha value is -2.43. The molecule has 0 saturated heterocycles. The molecule has 0 radical (unpaired) electrons. The van der Waals surface area contributed by atoms with Crippen LogP contribution in [0.15, 0.2) is 36.5 Å². The third-order valence-corrected chi connectivity index (χ3v) is 2.90. The molecule has 1 unspecified atom stereocenters. The highest BCUT2D eigenvalue weighted by atomic mass is 16.4. The molecule has 2 rings (SSSR count). The molecule has 1 heterocycles. The number of hydrogen-bond donors (Lipinski definition) is 2. The van der Waals surface area contributed by atoms with Gasteiger partial charge in [-0.1, -0.05) is 18.2 Å². The first-order valence-corrected chi connectivity index (χ1v) is 5.84. The van der Waals surface area contributed by atoms with Crippen molar-refractivity contribution < 1.29 is 19.8 Å². The van der Waals surface area contributed by atoms with Crippen molar-refractivity contribution in [3.05, 3.63) is 42.1 Å². The van der Waals surface area contributed by atoms with Gasteiger partial charge in [-0.25, -0.2) is 0 Å². The van der Waals surface area contributed by atoms with Crippen molar-refractivity contribution in [3.63, 3.8) is 0 Å². The van der Waals surface area contributed by atoms with Crippen LogP contribution in [0.2, 0.25) is 0 Å². The first kappa shape index (κ1) is 13.0. The van der Waals surface area contributed by atoms with E-state index in [1.807, 2.05) is 30.3 Å². The molecule has 1 aromatic heterocycles. The Kier molecular flexibility index (Phi) is 3.75. The van der Waals surface area contributed by atoms with Crippen LogP contribution in [0.3, 0.4) is 0 Å². The number of carboxylic acid groups (broad SMARTS) is 2. The topological polar surface area (TPSA) is 87.5 Å². The highest BCUT2D eigenvalue weighted by Gasteiger charge is 2.21. The molecule has 0 spiro atoms. The average Bonchev–Trinajstić information content (AvgIpc) is 2.37. The molecule has 19 heavy (non-hydrogen) atoms. The summed E-state index contributed by atoms with van der Waals surface area (Å²) in [6, 6.07) is 9.35. The van der Waals surface area contributed by atoms with Gasteiger partial charge in [0.15, 0.2) is 0 Å². The number of carboxylic acids is 2. The first-order chi connectivity index (χ1) is 9.06. The smallest absolute Gasteiger partial charge is 0.307 e. The minimum Gasteiger partial charge on any atom is -0.481 e. The summed E-state index contributed by atoms with van der Waals surface area (Å²) in [4.78, 5) is 25.9. The number of benzene rings is 1. The summed E-state index contributed by atoms with van der Waals surface area (Å²) in [6.45, 7) is 0. The zero-order chi connectivity index (χ0) is 13.8. The SMILES string of the molecule is O=C(O)CC(Cc1cnc2ccccc2c1)C(=O)O. The van der Waals surface area contributed by atoms with Gasteiger partial charge >= 0.3 is 11.9 Å². The van der Waals surface area contributed by atoms with Crippen LogP contribution in [0.4, 0.5) is 0 Å². The van der Waals surface area contributed by atoms with E-state index in [9.17, 15) is 9.59 Å². The number of aliphatic carboxylic acids is 2. The maximum absolute atomic E-state index is 11.0. The van der Waals surface area contributed by atoms with Crippen molar-refractivity contribution in [1.29, 1.82) is 0 Å². The van der Waals surface area contributed by atoms with Crippen LogP contribution in [0.1, 0.15) is 12.0 Å². The van der Waals surface area contributed by atoms with Crippen molar-refractivity contribution in [2.45, 2.75) is 12.8 Å². The maximum Gasteiger partial charge on any atom is 0.307 e. The molecule has 0 aliphatic carbocycles. The minimum atomic E-state index is -1.11. The largest absolute Gasteiger partial charge is 0.481 e. The first-order valence-electron chi connectivity index (χ1n) is 5.84. The second kappa shape index (κ2) is 5.48. The Bertz CT molecular complexity index is 624. The molecule has 0 amide bonds. The molecule has 1 atom stereocenters. The summed E-state index contributed by atoms with van der Waals surface area (Å²) in [7, 11) is 0. The lowest BCUT2D eigenvalue weighted by Crippen LogP contribution is -2.20. The summed E-state index contributed by atoms with van der Waals surface area (Å²) >= 11 is 0. The van der Waals surface area contributed by atoms with Crippen molar-refractivity contribution >= 4 is 22.8 Å². The van der Waals surface area contributed by atoms with Crippen LogP contribution in [-0.2, 0) is 16.0 Å². The van der Waals surface area contributed by atoms with E-state index in [-0.39, 0.29) is 12.8 Å². The predicted octanol–water partition coefficient (Wildman–Crippen LogP) is 1.95. The summed E-state index contributed by atoms with van der Waals surface area (Å²) < 4.78 is 0. The van der Waals surface area contributed by atoms with Crippen LogP contribution >= 0.6 is 0 Å². The van der Waals surface area contributed by atoms with E-state index in [1.165, 1.54) is 0 Å². The molecule has 98 valence electrons. The summed E-state index contributed by atoms with van der Waals surface area (Å²) in [6.07, 6.45) is 1.38. The van der Waals surface area contributed by atoms with Gasteiger partial charge in [0.05, 0.1) is 17.9 Å². The molecule has 2 N–H and O–H groups in total. The molecule has 1 aromatic carbocycles. The van der Waals surface area contributed by atoms with E-state index in [4.69, 9.17) is 10.2 Å². The van der Waals surface area contributed by atoms with E-state index in [2.05, 4.69) is 4.98 Å². The maximum atomic E-state index is 11.0. The Morgan fingerprint density at radius 2 is 1.95 bits per heavy atom. The number of aromatic nitrogens is 1. The van der Waals surface area contributed by atoms with Gasteiger partial charge in [-0.3, -0.25) is 14.6 Å². The number of para-hydroxylation sites is 1. The second-order valence-electron chi connectivity index (χ2n) is 4.37. The molecular weight excluding hydrogens is 246 g/mol. The molecule has 0 fully saturated rings. The van der Waals surface area contributed by atoms with Crippen molar-refractivity contribution in [2.75, 3.05) is 0 Å². The summed E-state index contributed by atoms with van der Waals surface area (Å²) in [5.41, 5.74) is 1.56. The zero-order valence-electron chi connectivity index (χ0n) is 10.1. The number of hydrogen-bond acceptors (Lipinski definition) is 3. The van der Waals surface area contributed by atoms with Gasteiger partial charge in [0.1, 0.15) is 0 Å². The fourth-order valence-corrected chi connectivity index (χ4v) is 1.97. The number of nitrogens with zero attached hydrogens (tertiary/aromatic N) is 1. The van der Waals surface area contributed by atoms with Gasteiger partial charge in [-0.2, -0.15) is 0 Å². The van der Waals surface area contributed by atoms with Crippen LogP contribution in [0.25, 0.3) is 10.9 Å². The summed E-state index contributed by atoms with van der Waals surface area (Å²) in [5, 5.41) is 18.6. The van der Waals surface area contributed by atoms with Gasteiger partial charge in [0.25, 0.3) is 0 Å². The van der Waals surface area contributed by atoms with E-state index in [0.29, 0.717) is 0 Å². The highest BCUT2D eigenvalue weighted by Crippen LogP contribution is 2.17. The van der Waals surface area contributed by atoms with E-state index >= 15 is 0 Å². The highest BCUT2D eigenvalue weighted by molar-refractivity contribution is 5.80. The number of carbonyl (C=O) groups is 2. The minimum absolute atomic E-state index is 0.166. The van der Waals surface area contributed by atoms with Crippen LogP contribution in [-0.4, -0.2) is 27.1 Å². The van der Waals surface area contributed by atoms with Crippen LogP contribution in [0, 0.1) is 5.92 Å². The lowest BCUT2D eigenvalue weighted by Gasteiger charge is -2.10. The zero-order valence-corrected chi connectivity index (χ0v) is 10.1. The fraction of sp³-hybridized carbons (Fsp3) is 0.214. The van der Waals surface area contributed by atoms with Crippen LogP contribution in [0.5, 0.6) is 0 Å². The lowest BCUT2D eigenvalue weighted by atomic mass is 9.96. The summed E-state index contributed by atoms with van der Waals surface area (Å²) in [5.74, 6) is -3.14. The van der Waals surface area contributed by atoms with Crippen molar-refractivity contribution in [3.8, 4) is 0 Å². The van der Waals surface area contributed by atoms with Gasteiger partial charge in [-0.05, 0) is 24.1 Å². The monoisotopic (exact) mass is 259 g/mol. The molecule has 5 nitrogen and oxygen atoms in total. The van der Waals surface area contributed by atoms with Crippen LogP contribution < -0.4 is 0 Å². The molecular formula is C14H13NO4. The Balaban J connectivity index is 2.23. The Morgan fingerprint density at radius 3 is 2.63 bits per heavy atom. The normalized spacial score (nSPS) is 12.2. The number of rotatable bonds is 5. The quantitative estimate of drug-likeness (QED) is 0.856. The molecule has 2 aromatic rings. The van der Waals surface area contributed by atoms with Gasteiger partial charge in [-0.15, -0.1) is 0 Å². The lowest BCUT2D eigenvalue weighted by molar-refractivity contribution is -0.148. The van der Waals surface area contributed by atoms with Gasteiger partial charge in [0.2, 0.25) is 0 Å². The predicted molar refractivity (Wildman–Crippen MR) is 68.8 cm³/mol. The van der Waals surface area contributed by atoms with E-state index in [0.717, 1.165) is 16.5 Å². The molecule has 0 aliphatic rings. The van der Waals surface area contributed by atoms with Gasteiger partial charge in [0, 0.05) is 11.6 Å². The van der Waals surface area contributed by atoms with Crippen molar-refractivity contribution in [2.24, 2.45) is 5.92 Å².